The number of halogens is 2. The predicted molar refractivity (Wildman–Crippen MR) is 146 cm³/mol. The second-order valence-corrected chi connectivity index (χ2v) is 9.43. The number of hydrogen-bond donors (Lipinski definition) is 3. The number of urea groups is 1. The molecule has 4 rings (SSSR count). The molecule has 1 aliphatic heterocycles. The van der Waals surface area contributed by atoms with Crippen LogP contribution in [0.5, 0.6) is 11.6 Å². The molecule has 0 spiro atoms. The average Bonchev–Trinajstić information content (AvgIpc) is 3.33. The van der Waals surface area contributed by atoms with Gasteiger partial charge in [-0.05, 0) is 62.1 Å². The Morgan fingerprint density at radius 1 is 1.15 bits per heavy atom. The summed E-state index contributed by atoms with van der Waals surface area (Å²) in [7, 11) is 3.72. The molecule has 0 saturated carbocycles. The van der Waals surface area contributed by atoms with E-state index in [0.717, 1.165) is 25.6 Å². The Morgan fingerprint density at radius 2 is 1.92 bits per heavy atom. The van der Waals surface area contributed by atoms with Gasteiger partial charge in [-0.15, -0.1) is 0 Å². The van der Waals surface area contributed by atoms with E-state index in [4.69, 9.17) is 17.0 Å². The number of anilines is 2. The summed E-state index contributed by atoms with van der Waals surface area (Å²) in [6.45, 7) is 1.70. The van der Waals surface area contributed by atoms with E-state index in [1.165, 1.54) is 48.7 Å². The number of ether oxygens (including phenoxy) is 1. The molecular weight excluding hydrogens is 528 g/mol. The lowest BCUT2D eigenvalue weighted by Crippen LogP contribution is -2.41. The highest BCUT2D eigenvalue weighted by molar-refractivity contribution is 7.80. The van der Waals surface area contributed by atoms with E-state index >= 15 is 0 Å². The molecule has 1 saturated heterocycles. The summed E-state index contributed by atoms with van der Waals surface area (Å²) in [5.41, 5.74) is 0.897. The summed E-state index contributed by atoms with van der Waals surface area (Å²) in [5, 5.41) is 7.83. The zero-order valence-electron chi connectivity index (χ0n) is 21.3. The molecule has 1 aliphatic rings. The topological polar surface area (TPSA) is 112 Å². The SMILES string of the molecule is CN1CC[C@H](N(C)C(=O)Nc2nccc(Oc3ccc(NC(=S)NC(=O)Cc4ccc(F)cc4)cc3F)n2)C1. The van der Waals surface area contributed by atoms with Gasteiger partial charge in [-0.2, -0.15) is 4.98 Å². The largest absolute Gasteiger partial charge is 0.436 e. The van der Waals surface area contributed by atoms with Gasteiger partial charge in [0.1, 0.15) is 5.82 Å². The normalized spacial score (nSPS) is 14.9. The van der Waals surface area contributed by atoms with E-state index in [-0.39, 0.29) is 46.9 Å². The molecule has 0 radical (unpaired) electrons. The van der Waals surface area contributed by atoms with Crippen molar-refractivity contribution in [2.75, 3.05) is 37.8 Å². The molecule has 3 amide bonds. The fourth-order valence-corrected chi connectivity index (χ4v) is 4.16. The lowest BCUT2D eigenvalue weighted by atomic mass is 10.1. The Balaban J connectivity index is 1.30. The summed E-state index contributed by atoms with van der Waals surface area (Å²) >= 11 is 5.12. The summed E-state index contributed by atoms with van der Waals surface area (Å²) in [6, 6.07) is 10.7. The van der Waals surface area contributed by atoms with E-state index in [9.17, 15) is 18.4 Å². The zero-order chi connectivity index (χ0) is 27.9. The second kappa shape index (κ2) is 12.5. The van der Waals surface area contributed by atoms with Gasteiger partial charge < -0.3 is 25.2 Å². The first-order chi connectivity index (χ1) is 18.7. The van der Waals surface area contributed by atoms with E-state index in [0.29, 0.717) is 5.56 Å². The van der Waals surface area contributed by atoms with E-state index in [1.807, 2.05) is 7.05 Å². The number of nitrogens with zero attached hydrogens (tertiary/aromatic N) is 4. The van der Waals surface area contributed by atoms with Crippen molar-refractivity contribution in [3.8, 4) is 11.6 Å². The molecule has 3 N–H and O–H groups in total. The van der Waals surface area contributed by atoms with Crippen molar-refractivity contribution in [1.29, 1.82) is 0 Å². The number of likely N-dealkylation sites (N-methyl/N-ethyl adjacent to an activating group) is 2. The van der Waals surface area contributed by atoms with Crippen molar-refractivity contribution < 1.29 is 23.1 Å². The van der Waals surface area contributed by atoms with E-state index < -0.39 is 17.5 Å². The lowest BCUT2D eigenvalue weighted by molar-refractivity contribution is -0.119. The minimum Gasteiger partial charge on any atom is -0.436 e. The highest BCUT2D eigenvalue weighted by atomic mass is 32.1. The number of likely N-dealkylation sites (tertiary alicyclic amines) is 1. The third kappa shape index (κ3) is 7.88. The van der Waals surface area contributed by atoms with Crippen molar-refractivity contribution in [3.05, 3.63) is 71.9 Å². The van der Waals surface area contributed by atoms with Crippen LogP contribution in [0.4, 0.5) is 25.2 Å². The molecule has 10 nitrogen and oxygen atoms in total. The summed E-state index contributed by atoms with van der Waals surface area (Å²) in [4.78, 5) is 36.7. The van der Waals surface area contributed by atoms with Crippen LogP contribution in [-0.4, -0.2) is 70.0 Å². The van der Waals surface area contributed by atoms with Crippen LogP contribution < -0.4 is 20.7 Å². The highest BCUT2D eigenvalue weighted by Gasteiger charge is 2.26. The summed E-state index contributed by atoms with van der Waals surface area (Å²) < 4.78 is 33.3. The maximum absolute atomic E-state index is 14.7. The fraction of sp³-hybridized carbons (Fsp3) is 0.269. The van der Waals surface area contributed by atoms with Gasteiger partial charge in [0, 0.05) is 43.7 Å². The van der Waals surface area contributed by atoms with Crippen LogP contribution in [0.3, 0.4) is 0 Å². The van der Waals surface area contributed by atoms with E-state index in [1.54, 1.807) is 11.9 Å². The number of aromatic nitrogens is 2. The third-order valence-electron chi connectivity index (χ3n) is 6.02. The molecule has 39 heavy (non-hydrogen) atoms. The second-order valence-electron chi connectivity index (χ2n) is 9.02. The first kappa shape index (κ1) is 27.8. The Bertz CT molecular complexity index is 1360. The van der Waals surface area contributed by atoms with Crippen LogP contribution in [0, 0.1) is 11.6 Å². The Labute approximate surface area is 229 Å². The molecule has 0 aliphatic carbocycles. The van der Waals surface area contributed by atoms with Crippen molar-refractivity contribution in [2.45, 2.75) is 18.9 Å². The number of amides is 3. The molecular formula is C26H27F2N7O3S. The molecule has 3 aromatic rings. The Hall–Kier alpha value is -4.23. The van der Waals surface area contributed by atoms with Crippen LogP contribution in [0.25, 0.3) is 0 Å². The average molecular weight is 556 g/mol. The quantitative estimate of drug-likeness (QED) is 0.378. The van der Waals surface area contributed by atoms with Crippen molar-refractivity contribution in [1.82, 2.24) is 25.1 Å². The third-order valence-corrected chi connectivity index (χ3v) is 6.22. The van der Waals surface area contributed by atoms with Crippen LogP contribution in [-0.2, 0) is 11.2 Å². The van der Waals surface area contributed by atoms with Crippen LogP contribution in [0.2, 0.25) is 0 Å². The van der Waals surface area contributed by atoms with Crippen molar-refractivity contribution >= 4 is 40.9 Å². The molecule has 1 aromatic heterocycles. The number of hydrogen-bond acceptors (Lipinski definition) is 7. The summed E-state index contributed by atoms with van der Waals surface area (Å²) in [6.07, 6.45) is 2.27. The lowest BCUT2D eigenvalue weighted by Gasteiger charge is -2.24. The first-order valence-electron chi connectivity index (χ1n) is 12.0. The number of carbonyl (C=O) groups excluding carboxylic acids is 2. The van der Waals surface area contributed by atoms with Crippen molar-refractivity contribution in [3.63, 3.8) is 0 Å². The number of nitrogens with one attached hydrogen (secondary N) is 3. The highest BCUT2D eigenvalue weighted by Crippen LogP contribution is 2.26. The first-order valence-corrected chi connectivity index (χ1v) is 12.4. The molecule has 2 aromatic carbocycles. The molecule has 0 unspecified atom stereocenters. The van der Waals surface area contributed by atoms with E-state index in [2.05, 4.69) is 30.8 Å². The monoisotopic (exact) mass is 555 g/mol. The number of thiocarbonyl (C=S) groups is 1. The van der Waals surface area contributed by atoms with Gasteiger partial charge in [-0.3, -0.25) is 10.1 Å². The predicted octanol–water partition coefficient (Wildman–Crippen LogP) is 3.77. The Kier molecular flexibility index (Phi) is 8.94. The Morgan fingerprint density at radius 3 is 2.62 bits per heavy atom. The van der Waals surface area contributed by atoms with Crippen LogP contribution in [0.15, 0.2) is 54.7 Å². The molecule has 0 bridgehead atoms. The van der Waals surface area contributed by atoms with Gasteiger partial charge >= 0.3 is 6.03 Å². The van der Waals surface area contributed by atoms with Gasteiger partial charge in [0.05, 0.1) is 6.42 Å². The number of benzene rings is 2. The smallest absolute Gasteiger partial charge is 0.324 e. The molecule has 1 fully saturated rings. The molecule has 1 atom stereocenters. The fourth-order valence-electron chi connectivity index (χ4n) is 3.93. The molecule has 2 heterocycles. The maximum Gasteiger partial charge on any atom is 0.324 e. The molecule has 13 heteroatoms. The van der Waals surface area contributed by atoms with Crippen LogP contribution >= 0.6 is 12.2 Å². The van der Waals surface area contributed by atoms with Crippen molar-refractivity contribution in [2.24, 2.45) is 0 Å². The van der Waals surface area contributed by atoms with Gasteiger partial charge in [0.15, 0.2) is 16.7 Å². The number of carbonyl (C=O) groups is 2. The van der Waals surface area contributed by atoms with Gasteiger partial charge in [0.25, 0.3) is 0 Å². The zero-order valence-corrected chi connectivity index (χ0v) is 22.1. The minimum atomic E-state index is -0.713. The molecule has 204 valence electrons. The minimum absolute atomic E-state index is 0.00116. The number of rotatable bonds is 7. The van der Waals surface area contributed by atoms with Gasteiger partial charge in [0.2, 0.25) is 17.7 Å². The van der Waals surface area contributed by atoms with Crippen LogP contribution in [0.1, 0.15) is 12.0 Å². The van der Waals surface area contributed by atoms with Gasteiger partial charge in [-0.25, -0.2) is 18.6 Å². The standard InChI is InChI=1S/C26H27F2N7O3S/c1-34-12-10-19(15-34)35(2)26(37)33-24-29-11-9-23(32-24)38-21-8-7-18(14-20(21)28)30-25(39)31-22(36)13-16-3-5-17(27)6-4-16/h3-9,11,14,19H,10,12-13,15H2,1-2H3,(H,29,32,33,37)(H2,30,31,36,39)/t19-/m0/s1. The maximum atomic E-state index is 14.7. The summed E-state index contributed by atoms with van der Waals surface area (Å²) in [5.74, 6) is -1.58. The van der Waals surface area contributed by atoms with Gasteiger partial charge in [-0.1, -0.05) is 12.1 Å².